The molecule has 2 aliphatic heterocycles. The van der Waals surface area contributed by atoms with Crippen LogP contribution in [0.5, 0.6) is 0 Å². The first kappa shape index (κ1) is 46.2. The molecular formula is C52H39IN12Zn. The molecule has 11 aromatic rings. The van der Waals surface area contributed by atoms with Crippen LogP contribution in [0.25, 0.3) is 89.7 Å². The van der Waals surface area contributed by atoms with E-state index in [0.29, 0.717) is 45.9 Å². The Morgan fingerprint density at radius 1 is 0.242 bits per heavy atom. The first-order chi connectivity index (χ1) is 31.8. The molecule has 0 unspecified atom stereocenters. The van der Waals surface area contributed by atoms with Crippen molar-refractivity contribution < 1.29 is 19.5 Å². The van der Waals surface area contributed by atoms with Crippen LogP contribution in [-0.2, 0) is 19.5 Å². The maximum absolute atomic E-state index is 5.02. The molecule has 66 heavy (non-hydrogen) atoms. The van der Waals surface area contributed by atoms with Crippen molar-refractivity contribution in [2.45, 2.75) is 0 Å². The van der Waals surface area contributed by atoms with E-state index < -0.39 is 0 Å². The molecule has 0 saturated heterocycles. The van der Waals surface area contributed by atoms with Gasteiger partial charge in [0, 0.05) is 113 Å². The third kappa shape index (κ3) is 11.1. The Kier molecular flexibility index (Phi) is 16.3. The van der Waals surface area contributed by atoms with E-state index in [-0.39, 0.29) is 43.5 Å². The zero-order chi connectivity index (χ0) is 43.2. The van der Waals surface area contributed by atoms with Crippen molar-refractivity contribution in [2.75, 3.05) is 0 Å². The van der Waals surface area contributed by atoms with Crippen LogP contribution in [0.1, 0.15) is 0 Å². The monoisotopic (exact) mass is 1020 g/mol. The molecule has 14 heteroatoms. The summed E-state index contributed by atoms with van der Waals surface area (Å²) in [7, 11) is 0. The number of aromatic nitrogens is 12. The average Bonchev–Trinajstić information content (AvgIpc) is 4.13. The van der Waals surface area contributed by atoms with Gasteiger partial charge in [-0.1, -0.05) is 121 Å². The van der Waals surface area contributed by atoms with Gasteiger partial charge in [-0.3, -0.25) is 19.9 Å². The fourth-order valence-corrected chi connectivity index (χ4v) is 6.84. The van der Waals surface area contributed by atoms with Crippen molar-refractivity contribution in [1.82, 2.24) is 59.8 Å². The second-order valence-corrected chi connectivity index (χ2v) is 13.9. The zero-order valence-electron chi connectivity index (χ0n) is 35.4. The summed E-state index contributed by atoms with van der Waals surface area (Å²) < 4.78 is 0. The topological polar surface area (TPSA) is 160 Å². The number of fused-ring (bicyclic) bond motifs is 20. The van der Waals surface area contributed by atoms with Crippen molar-refractivity contribution in [3.05, 3.63) is 219 Å². The van der Waals surface area contributed by atoms with E-state index in [0.717, 1.165) is 43.8 Å². The van der Waals surface area contributed by atoms with Crippen LogP contribution in [0.2, 0.25) is 0 Å². The Morgan fingerprint density at radius 3 is 0.636 bits per heavy atom. The summed E-state index contributed by atoms with van der Waals surface area (Å²) in [6.45, 7) is 0. The third-order valence-electron chi connectivity index (χ3n) is 9.73. The summed E-state index contributed by atoms with van der Waals surface area (Å²) in [4.78, 5) is 51.9. The van der Waals surface area contributed by atoms with Crippen LogP contribution in [0.15, 0.2) is 219 Å². The molecule has 2 aliphatic rings. The molecule has 0 amide bonds. The fourth-order valence-electron chi connectivity index (χ4n) is 6.84. The number of pyridine rings is 4. The smallest absolute Gasteiger partial charge is 0.164 e. The summed E-state index contributed by atoms with van der Waals surface area (Å²) in [5, 5.41) is 3.82. The predicted octanol–water partition coefficient (Wildman–Crippen LogP) is 11.8. The molecule has 0 saturated carbocycles. The summed E-state index contributed by atoms with van der Waals surface area (Å²) in [5.74, 6) is 2.39. The van der Waals surface area contributed by atoms with Crippen LogP contribution in [0.3, 0.4) is 0 Å². The number of nitrogens with zero attached hydrogens (tertiary/aromatic N) is 10. The van der Waals surface area contributed by atoms with E-state index in [1.54, 1.807) is 49.6 Å². The summed E-state index contributed by atoms with van der Waals surface area (Å²) in [5.41, 5.74) is 6.45. The molecule has 12 nitrogen and oxygen atoms in total. The molecule has 13 rings (SSSR count). The molecule has 0 spiro atoms. The minimum Gasteiger partial charge on any atom is -0.324 e. The molecular weight excluding hydrogens is 985 g/mol. The van der Waals surface area contributed by atoms with Crippen molar-refractivity contribution in [2.24, 2.45) is 0 Å². The molecule has 0 atom stereocenters. The largest absolute Gasteiger partial charge is 0.324 e. The van der Waals surface area contributed by atoms with Gasteiger partial charge in [0.25, 0.3) is 0 Å². The van der Waals surface area contributed by atoms with Crippen LogP contribution in [0, 0.1) is 0 Å². The number of hydrogen-bond donors (Lipinski definition) is 2. The second-order valence-electron chi connectivity index (χ2n) is 13.9. The van der Waals surface area contributed by atoms with Crippen LogP contribution in [-0.4, -0.2) is 59.8 Å². The van der Waals surface area contributed by atoms with Gasteiger partial charge in [-0.2, -0.15) is 0 Å². The van der Waals surface area contributed by atoms with Crippen molar-refractivity contribution in [1.29, 1.82) is 0 Å². The average molecular weight is 1020 g/mol. The van der Waals surface area contributed by atoms with E-state index in [9.17, 15) is 0 Å². The van der Waals surface area contributed by atoms with Gasteiger partial charge in [-0.15, -0.1) is 24.0 Å². The number of rotatable bonds is 0. The van der Waals surface area contributed by atoms with E-state index in [1.807, 2.05) is 170 Å². The number of nitrogens with one attached hydrogen (secondary N) is 2. The SMILES string of the molecule is I.[Zn].c1ccc2c(c1)-c1nc-2nc2[nH]c(nc3nc(nc4[nH]c(n1)c1ccccc41)-c1ccccc1-3)c1ccccc21.c1ccncc1.c1ccncc1.c1ccncc1.c1ccncc1. The van der Waals surface area contributed by atoms with Gasteiger partial charge in [-0.05, 0) is 48.5 Å². The molecule has 8 bridgehead atoms. The molecule has 9 heterocycles. The number of benzene rings is 4. The molecule has 2 N–H and O–H groups in total. The van der Waals surface area contributed by atoms with E-state index in [2.05, 4.69) is 29.9 Å². The first-order valence-electron chi connectivity index (χ1n) is 20.4. The van der Waals surface area contributed by atoms with E-state index >= 15 is 0 Å². The van der Waals surface area contributed by atoms with E-state index in [1.165, 1.54) is 0 Å². The van der Waals surface area contributed by atoms with Gasteiger partial charge in [-0.25, -0.2) is 29.9 Å². The summed E-state index contributed by atoms with van der Waals surface area (Å²) in [6.07, 6.45) is 14.0. The molecule has 0 fully saturated rings. The Balaban J connectivity index is 0.000000202. The van der Waals surface area contributed by atoms with Crippen LogP contribution in [0.4, 0.5) is 0 Å². The summed E-state index contributed by atoms with van der Waals surface area (Å²) >= 11 is 0. The second kappa shape index (κ2) is 23.2. The van der Waals surface area contributed by atoms with Gasteiger partial charge in [0.15, 0.2) is 23.3 Å². The molecule has 0 aliphatic carbocycles. The van der Waals surface area contributed by atoms with Crippen molar-refractivity contribution in [3.8, 4) is 45.6 Å². The summed E-state index contributed by atoms with van der Waals surface area (Å²) in [6, 6.07) is 55.1. The van der Waals surface area contributed by atoms with Gasteiger partial charge in [0.1, 0.15) is 22.6 Å². The minimum atomic E-state index is 0. The Labute approximate surface area is 409 Å². The van der Waals surface area contributed by atoms with Crippen LogP contribution < -0.4 is 0 Å². The Bertz CT molecular complexity index is 2860. The maximum Gasteiger partial charge on any atom is 0.164 e. The first-order valence-corrected chi connectivity index (χ1v) is 20.4. The molecule has 0 radical (unpaired) electrons. The quantitative estimate of drug-likeness (QED) is 0.111. The normalized spacial score (nSPS) is 10.2. The molecule has 7 aromatic heterocycles. The Morgan fingerprint density at radius 2 is 0.455 bits per heavy atom. The standard InChI is InChI=1S/C32H18N8.4C5H5N.HI.Zn/c1-2-10-18-17(9-1)25-33-26(18)38-28-21-13-5-6-14-22(21)30(35-28)40-32-24-16-8-7-15-23(24)31(36-32)39-29-20-12-4-3-11-19(20)27(34-29)37-25;4*1-2-4-6-5-3-1;;/h1-16H,(H2,33,34,35,36,37,38,39,40);4*1-5H;1H;. The van der Waals surface area contributed by atoms with Gasteiger partial charge >= 0.3 is 0 Å². The third-order valence-corrected chi connectivity index (χ3v) is 9.73. The zero-order valence-corrected chi connectivity index (χ0v) is 40.7. The Hall–Kier alpha value is -7.81. The van der Waals surface area contributed by atoms with Gasteiger partial charge < -0.3 is 9.97 Å². The number of H-pyrrole nitrogens is 2. The van der Waals surface area contributed by atoms with Crippen molar-refractivity contribution in [3.63, 3.8) is 0 Å². The van der Waals surface area contributed by atoms with E-state index in [4.69, 9.17) is 29.9 Å². The molecule has 316 valence electrons. The predicted molar refractivity (Wildman–Crippen MR) is 268 cm³/mol. The molecule has 4 aromatic carbocycles. The maximum atomic E-state index is 5.02. The minimum absolute atomic E-state index is 0. The number of halogens is 1. The van der Waals surface area contributed by atoms with Crippen LogP contribution >= 0.6 is 24.0 Å². The fraction of sp³-hybridized carbons (Fsp3) is 0. The van der Waals surface area contributed by atoms with Gasteiger partial charge in [0.05, 0.1) is 0 Å². The van der Waals surface area contributed by atoms with Gasteiger partial charge in [0.2, 0.25) is 0 Å². The van der Waals surface area contributed by atoms with Crippen molar-refractivity contribution >= 4 is 68.1 Å². The number of aromatic amines is 2. The number of hydrogen-bond acceptors (Lipinski definition) is 10.